The lowest BCUT2D eigenvalue weighted by Crippen LogP contribution is -2.54. The zero-order chi connectivity index (χ0) is 26.3. The number of nitrogens with zero attached hydrogens (tertiary/aromatic N) is 1. The number of carbonyl (C=O) groups is 3. The summed E-state index contributed by atoms with van der Waals surface area (Å²) in [4.78, 5) is 37.8. The topological polar surface area (TPSA) is 90.5 Å². The zero-order valence-corrected chi connectivity index (χ0v) is 22.9. The number of amides is 2. The second-order valence-electron chi connectivity index (χ2n) is 9.73. The van der Waals surface area contributed by atoms with Crippen LogP contribution in [0.25, 0.3) is 0 Å². The van der Waals surface area contributed by atoms with Crippen LogP contribution in [-0.4, -0.2) is 62.3 Å². The van der Waals surface area contributed by atoms with Crippen LogP contribution in [0.5, 0.6) is 0 Å². The number of likely N-dealkylation sites (N-methyl/N-ethyl adjacent to an activating group) is 2. The van der Waals surface area contributed by atoms with E-state index in [9.17, 15) is 14.4 Å². The molecule has 1 aliphatic heterocycles. The molecule has 1 saturated carbocycles. The van der Waals surface area contributed by atoms with Crippen LogP contribution in [-0.2, 0) is 20.8 Å². The summed E-state index contributed by atoms with van der Waals surface area (Å²) in [5.74, 6) is 0.549. The summed E-state index contributed by atoms with van der Waals surface area (Å²) in [6.45, 7) is 5.16. The van der Waals surface area contributed by atoms with E-state index in [4.69, 9.17) is 0 Å². The number of benzene rings is 1. The van der Waals surface area contributed by atoms with Crippen LogP contribution >= 0.6 is 0 Å². The van der Waals surface area contributed by atoms with E-state index in [1.54, 1.807) is 7.05 Å². The second kappa shape index (κ2) is 16.5. The molecule has 202 valence electrons. The summed E-state index contributed by atoms with van der Waals surface area (Å²) >= 11 is 0. The summed E-state index contributed by atoms with van der Waals surface area (Å²) in [6.07, 6.45) is 11.6. The second-order valence-corrected chi connectivity index (χ2v) is 9.73. The van der Waals surface area contributed by atoms with Crippen molar-refractivity contribution in [3.8, 4) is 0 Å². The Labute approximate surface area is 218 Å². The molecule has 2 amide bonds. The number of aldehydes is 1. The molecule has 36 heavy (non-hydrogen) atoms. The van der Waals surface area contributed by atoms with E-state index in [0.29, 0.717) is 19.0 Å². The van der Waals surface area contributed by atoms with Crippen LogP contribution < -0.4 is 16.0 Å². The molecule has 0 aromatic heterocycles. The van der Waals surface area contributed by atoms with Crippen molar-refractivity contribution in [3.05, 3.63) is 35.4 Å². The molecule has 3 atom stereocenters. The van der Waals surface area contributed by atoms with E-state index in [0.717, 1.165) is 51.2 Å². The molecular weight excluding hydrogens is 452 g/mol. The van der Waals surface area contributed by atoms with Crippen LogP contribution in [0.4, 0.5) is 0 Å². The highest BCUT2D eigenvalue weighted by Crippen LogP contribution is 2.31. The van der Waals surface area contributed by atoms with E-state index in [-0.39, 0.29) is 29.9 Å². The molecule has 1 heterocycles. The molecule has 1 aromatic carbocycles. The summed E-state index contributed by atoms with van der Waals surface area (Å²) in [7, 11) is 3.62. The van der Waals surface area contributed by atoms with Gasteiger partial charge in [0.05, 0.1) is 18.6 Å². The Balaban J connectivity index is 0.000000583. The highest BCUT2D eigenvalue weighted by Gasteiger charge is 2.40. The van der Waals surface area contributed by atoms with Gasteiger partial charge in [-0.25, -0.2) is 0 Å². The molecule has 2 aliphatic carbocycles. The predicted molar refractivity (Wildman–Crippen MR) is 146 cm³/mol. The van der Waals surface area contributed by atoms with Gasteiger partial charge in [-0.05, 0) is 76.1 Å². The largest absolute Gasteiger partial charge is 0.347 e. The maximum atomic E-state index is 13.4. The van der Waals surface area contributed by atoms with Crippen molar-refractivity contribution in [1.29, 1.82) is 0 Å². The first kappa shape index (κ1) is 30.0. The normalized spacial score (nSPS) is 22.2. The molecule has 0 bridgehead atoms. The van der Waals surface area contributed by atoms with Crippen molar-refractivity contribution < 1.29 is 14.4 Å². The van der Waals surface area contributed by atoms with Gasteiger partial charge in [0.2, 0.25) is 11.8 Å². The Hall–Kier alpha value is -2.25. The monoisotopic (exact) mass is 500 g/mol. The van der Waals surface area contributed by atoms with Gasteiger partial charge in [-0.3, -0.25) is 9.59 Å². The Morgan fingerprint density at radius 1 is 1.00 bits per heavy atom. The SMILES string of the molecule is CC.CNC(C(=O)N1CCCC1C(=O)NC1CCCc2ccccc21)C1CCCCC1.CNCC=O. The Bertz CT molecular complexity index is 809. The molecule has 7 heteroatoms. The van der Waals surface area contributed by atoms with E-state index >= 15 is 0 Å². The van der Waals surface area contributed by atoms with E-state index in [1.807, 2.05) is 25.8 Å². The van der Waals surface area contributed by atoms with Crippen LogP contribution in [0.3, 0.4) is 0 Å². The van der Waals surface area contributed by atoms with Crippen LogP contribution in [0.2, 0.25) is 0 Å². The first-order chi connectivity index (χ1) is 17.6. The van der Waals surface area contributed by atoms with Crippen LogP contribution in [0.1, 0.15) is 88.8 Å². The number of fused-ring (bicyclic) bond motifs is 1. The number of hydrogen-bond acceptors (Lipinski definition) is 5. The van der Waals surface area contributed by atoms with Gasteiger partial charge >= 0.3 is 0 Å². The fourth-order valence-corrected chi connectivity index (χ4v) is 5.77. The molecule has 0 radical (unpaired) electrons. The lowest BCUT2D eigenvalue weighted by Gasteiger charge is -2.35. The first-order valence-corrected chi connectivity index (χ1v) is 14.0. The quantitative estimate of drug-likeness (QED) is 0.496. The van der Waals surface area contributed by atoms with Gasteiger partial charge in [-0.1, -0.05) is 57.4 Å². The zero-order valence-electron chi connectivity index (χ0n) is 22.9. The fourth-order valence-electron chi connectivity index (χ4n) is 5.77. The molecule has 2 fully saturated rings. The molecule has 3 aliphatic rings. The standard InChI is InChI=1S/C24H35N3O2.C3H7NO.C2H6/c1-25-22(18-10-3-2-4-11-18)24(29)27-16-8-15-21(27)23(28)26-20-14-7-12-17-9-5-6-13-19(17)20;1-4-2-3-5;1-2/h5-6,9,13,18,20-22,25H,2-4,7-8,10-12,14-16H2,1H3,(H,26,28);3-4H,2H2,1H3;1-2H3. The summed E-state index contributed by atoms with van der Waals surface area (Å²) in [6, 6.07) is 8.02. The third-order valence-corrected chi connectivity index (χ3v) is 7.51. The van der Waals surface area contributed by atoms with Gasteiger partial charge in [0.1, 0.15) is 12.3 Å². The van der Waals surface area contributed by atoms with Crippen molar-refractivity contribution >= 4 is 18.1 Å². The van der Waals surface area contributed by atoms with Gasteiger partial charge in [-0.2, -0.15) is 0 Å². The summed E-state index contributed by atoms with van der Waals surface area (Å²) in [5.41, 5.74) is 2.59. The smallest absolute Gasteiger partial charge is 0.243 e. The highest BCUT2D eigenvalue weighted by molar-refractivity contribution is 5.90. The van der Waals surface area contributed by atoms with E-state index in [1.165, 1.54) is 30.4 Å². The van der Waals surface area contributed by atoms with Crippen molar-refractivity contribution in [3.63, 3.8) is 0 Å². The van der Waals surface area contributed by atoms with E-state index in [2.05, 4.69) is 40.2 Å². The number of rotatable bonds is 7. The number of carbonyl (C=O) groups excluding carboxylic acids is 3. The number of likely N-dealkylation sites (tertiary alicyclic amines) is 1. The molecule has 1 saturated heterocycles. The predicted octanol–water partition coefficient (Wildman–Crippen LogP) is 3.77. The van der Waals surface area contributed by atoms with Crippen LogP contribution in [0, 0.1) is 5.92 Å². The minimum absolute atomic E-state index is 0.0241. The molecule has 1 aromatic rings. The lowest BCUT2D eigenvalue weighted by molar-refractivity contribution is -0.141. The number of nitrogens with one attached hydrogen (secondary N) is 3. The van der Waals surface area contributed by atoms with Gasteiger partial charge < -0.3 is 25.6 Å². The van der Waals surface area contributed by atoms with Crippen LogP contribution in [0.15, 0.2) is 24.3 Å². The average molecular weight is 501 g/mol. The minimum Gasteiger partial charge on any atom is -0.347 e. The van der Waals surface area contributed by atoms with Crippen molar-refractivity contribution in [2.24, 2.45) is 5.92 Å². The number of hydrogen-bond donors (Lipinski definition) is 3. The third kappa shape index (κ3) is 8.13. The minimum atomic E-state index is -0.323. The van der Waals surface area contributed by atoms with Gasteiger partial charge in [0.15, 0.2) is 0 Å². The maximum Gasteiger partial charge on any atom is 0.243 e. The lowest BCUT2D eigenvalue weighted by atomic mass is 9.83. The van der Waals surface area contributed by atoms with Gasteiger partial charge in [0.25, 0.3) is 0 Å². The first-order valence-electron chi connectivity index (χ1n) is 14.0. The maximum absolute atomic E-state index is 13.4. The molecule has 3 unspecified atom stereocenters. The third-order valence-electron chi connectivity index (χ3n) is 7.51. The fraction of sp³-hybridized carbons (Fsp3) is 0.690. The summed E-state index contributed by atoms with van der Waals surface area (Å²) in [5, 5.41) is 9.21. The molecule has 7 nitrogen and oxygen atoms in total. The van der Waals surface area contributed by atoms with Gasteiger partial charge in [0, 0.05) is 6.54 Å². The molecule has 0 spiro atoms. The highest BCUT2D eigenvalue weighted by atomic mass is 16.2. The van der Waals surface area contributed by atoms with Gasteiger partial charge in [-0.15, -0.1) is 0 Å². The van der Waals surface area contributed by atoms with Crippen molar-refractivity contribution in [2.45, 2.75) is 96.2 Å². The molecule has 3 N–H and O–H groups in total. The molecular formula is C29H48N4O3. The Morgan fingerprint density at radius 3 is 2.36 bits per heavy atom. The Kier molecular flexibility index (Phi) is 13.7. The molecule has 4 rings (SSSR count). The van der Waals surface area contributed by atoms with E-state index < -0.39 is 0 Å². The van der Waals surface area contributed by atoms with Crippen molar-refractivity contribution in [2.75, 3.05) is 27.2 Å². The van der Waals surface area contributed by atoms with Crippen molar-refractivity contribution in [1.82, 2.24) is 20.9 Å². The summed E-state index contributed by atoms with van der Waals surface area (Å²) < 4.78 is 0. The number of aryl methyl sites for hydroxylation is 1. The average Bonchev–Trinajstić information content (AvgIpc) is 3.42. The Morgan fingerprint density at radius 2 is 1.72 bits per heavy atom.